The lowest BCUT2D eigenvalue weighted by molar-refractivity contribution is -0.137. The van der Waals surface area contributed by atoms with Crippen molar-refractivity contribution in [2.45, 2.75) is 38.4 Å². The second kappa shape index (κ2) is 10.5. The van der Waals surface area contributed by atoms with E-state index in [9.17, 15) is 27.2 Å². The first-order valence-electron chi connectivity index (χ1n) is 11.6. The molecule has 1 aliphatic carbocycles. The number of likely N-dealkylation sites (tertiary alicyclic amines) is 1. The molecule has 0 aromatic heterocycles. The summed E-state index contributed by atoms with van der Waals surface area (Å²) in [6, 6.07) is 7.01. The van der Waals surface area contributed by atoms with Crippen LogP contribution < -0.4 is 5.32 Å². The van der Waals surface area contributed by atoms with Crippen LogP contribution in [0.5, 0.6) is 0 Å². The van der Waals surface area contributed by atoms with Crippen LogP contribution in [0.15, 0.2) is 60.7 Å². The molecule has 1 unspecified atom stereocenters. The molecule has 4 nitrogen and oxygen atoms in total. The Balaban J connectivity index is 1.66. The zero-order valence-corrected chi connectivity index (χ0v) is 20.2. The highest BCUT2D eigenvalue weighted by molar-refractivity contribution is 6.31. The van der Waals surface area contributed by atoms with Crippen LogP contribution in [0.4, 0.5) is 23.2 Å². The van der Waals surface area contributed by atoms with E-state index in [0.717, 1.165) is 12.1 Å². The Labute approximate surface area is 211 Å². The molecule has 0 spiro atoms. The number of halogens is 5. The predicted molar refractivity (Wildman–Crippen MR) is 130 cm³/mol. The lowest BCUT2D eigenvalue weighted by atomic mass is 9.77. The summed E-state index contributed by atoms with van der Waals surface area (Å²) in [5.41, 5.74) is -0.631. The van der Waals surface area contributed by atoms with Gasteiger partial charge in [-0.25, -0.2) is 4.39 Å². The molecule has 4 rings (SSSR count). The van der Waals surface area contributed by atoms with Crippen LogP contribution in [0.25, 0.3) is 0 Å². The van der Waals surface area contributed by atoms with Crippen LogP contribution in [0, 0.1) is 24.6 Å². The summed E-state index contributed by atoms with van der Waals surface area (Å²) < 4.78 is 54.6. The van der Waals surface area contributed by atoms with Crippen LogP contribution in [0.2, 0.25) is 5.02 Å². The maximum Gasteiger partial charge on any atom is 0.417 e. The first-order valence-corrected chi connectivity index (χ1v) is 12.0. The third-order valence-corrected chi connectivity index (χ3v) is 7.04. The topological polar surface area (TPSA) is 49.4 Å². The number of nitrogens with zero attached hydrogens (tertiary/aromatic N) is 1. The first kappa shape index (κ1) is 25.9. The Kier molecular flexibility index (Phi) is 7.54. The molecular weight excluding hydrogens is 496 g/mol. The Morgan fingerprint density at radius 2 is 1.92 bits per heavy atom. The summed E-state index contributed by atoms with van der Waals surface area (Å²) in [4.78, 5) is 28.6. The average molecular weight is 521 g/mol. The maximum absolute atomic E-state index is 14.7. The molecule has 0 saturated carbocycles. The summed E-state index contributed by atoms with van der Waals surface area (Å²) in [6.07, 6.45) is 4.38. The smallest absolute Gasteiger partial charge is 0.334 e. The van der Waals surface area contributed by atoms with E-state index in [2.05, 4.69) is 5.32 Å². The Hall–Kier alpha value is -3.13. The van der Waals surface area contributed by atoms with Crippen molar-refractivity contribution >= 4 is 29.1 Å². The molecule has 36 heavy (non-hydrogen) atoms. The summed E-state index contributed by atoms with van der Waals surface area (Å²) in [5, 5.41) is 2.13. The van der Waals surface area contributed by atoms with Gasteiger partial charge in [0.1, 0.15) is 5.82 Å². The van der Waals surface area contributed by atoms with Gasteiger partial charge in [-0.3, -0.25) is 9.59 Å². The van der Waals surface area contributed by atoms with Gasteiger partial charge in [-0.1, -0.05) is 48.0 Å². The fourth-order valence-electron chi connectivity index (χ4n) is 5.03. The monoisotopic (exact) mass is 520 g/mol. The maximum atomic E-state index is 14.7. The second-order valence-corrected chi connectivity index (χ2v) is 9.47. The van der Waals surface area contributed by atoms with E-state index in [0.29, 0.717) is 31.4 Å². The number of hydrogen-bond donors (Lipinski definition) is 1. The Morgan fingerprint density at radius 3 is 2.58 bits per heavy atom. The third kappa shape index (κ3) is 5.33. The van der Waals surface area contributed by atoms with Crippen molar-refractivity contribution in [3.8, 4) is 0 Å². The van der Waals surface area contributed by atoms with Gasteiger partial charge < -0.3 is 10.2 Å². The van der Waals surface area contributed by atoms with E-state index in [1.807, 2.05) is 24.3 Å². The molecule has 0 radical (unpaired) electrons. The Bertz CT molecular complexity index is 1200. The zero-order chi connectivity index (χ0) is 26.0. The molecule has 2 aromatic carbocycles. The van der Waals surface area contributed by atoms with Crippen molar-refractivity contribution in [2.24, 2.45) is 11.8 Å². The Morgan fingerprint density at radius 1 is 1.14 bits per heavy atom. The number of benzene rings is 2. The molecule has 1 fully saturated rings. The number of carbonyl (C=O) groups is 2. The quantitative estimate of drug-likeness (QED) is 0.451. The number of amides is 2. The van der Waals surface area contributed by atoms with Gasteiger partial charge >= 0.3 is 6.18 Å². The van der Waals surface area contributed by atoms with Gasteiger partial charge in [-0.2, -0.15) is 13.2 Å². The average Bonchev–Trinajstić information content (AvgIpc) is 2.84. The van der Waals surface area contributed by atoms with Gasteiger partial charge in [0.05, 0.1) is 28.1 Å². The summed E-state index contributed by atoms with van der Waals surface area (Å²) >= 11 is 5.71. The highest BCUT2D eigenvalue weighted by atomic mass is 35.5. The standard InChI is InChI=1S/C27H25ClF4N2O2/c1-16-7-5-11-22(29)23(16)26(36)34-14-6-10-19(24(34)17-8-3-2-4-9-17)25(35)33-18-12-13-21(28)20(15-18)27(30,31)32/h2-5,7-8,11-13,15,17,19,24H,6,9-10,14H2,1H3,(H,33,35)/t17?,19-,24-/m0/s1. The van der Waals surface area contributed by atoms with Crippen molar-refractivity contribution in [1.29, 1.82) is 0 Å². The first-order chi connectivity index (χ1) is 17.1. The second-order valence-electron chi connectivity index (χ2n) is 9.06. The van der Waals surface area contributed by atoms with E-state index < -0.39 is 46.4 Å². The van der Waals surface area contributed by atoms with Crippen LogP contribution >= 0.6 is 11.6 Å². The van der Waals surface area contributed by atoms with Crippen molar-refractivity contribution in [1.82, 2.24) is 4.90 Å². The minimum atomic E-state index is -4.68. The third-order valence-electron chi connectivity index (χ3n) is 6.71. The SMILES string of the molecule is Cc1cccc(F)c1C(=O)N1CCC[C@H](C(=O)Nc2ccc(Cl)c(C(F)(F)F)c2)[C@@H]1C1C=CC=CC1. The minimum Gasteiger partial charge on any atom is -0.334 e. The molecule has 2 aromatic rings. The number of carbonyl (C=O) groups excluding carboxylic acids is 2. The van der Waals surface area contributed by atoms with E-state index in [1.165, 1.54) is 18.2 Å². The summed E-state index contributed by atoms with van der Waals surface area (Å²) in [6.45, 7) is 2.00. The molecule has 3 atom stereocenters. The fraction of sp³-hybridized carbons (Fsp3) is 0.333. The molecule has 1 saturated heterocycles. The minimum absolute atomic E-state index is 0.0357. The molecule has 1 N–H and O–H groups in total. The predicted octanol–water partition coefficient (Wildman–Crippen LogP) is 6.80. The van der Waals surface area contributed by atoms with Crippen LogP contribution in [0.3, 0.4) is 0 Å². The summed E-state index contributed by atoms with van der Waals surface area (Å²) in [5.74, 6) is -2.55. The molecule has 1 aliphatic heterocycles. The van der Waals surface area contributed by atoms with Gasteiger partial charge in [0, 0.05) is 18.2 Å². The van der Waals surface area contributed by atoms with E-state index in [-0.39, 0.29) is 17.2 Å². The van der Waals surface area contributed by atoms with E-state index in [1.54, 1.807) is 17.9 Å². The number of hydrogen-bond acceptors (Lipinski definition) is 2. The molecule has 2 amide bonds. The van der Waals surface area contributed by atoms with Crippen molar-refractivity contribution < 1.29 is 27.2 Å². The zero-order valence-electron chi connectivity index (χ0n) is 19.5. The number of aryl methyl sites for hydroxylation is 1. The van der Waals surface area contributed by atoms with Gasteiger partial charge in [0.25, 0.3) is 5.91 Å². The number of allylic oxidation sites excluding steroid dienone is 3. The lowest BCUT2D eigenvalue weighted by Crippen LogP contribution is -2.55. The fourth-order valence-corrected chi connectivity index (χ4v) is 5.25. The molecule has 0 bridgehead atoms. The highest BCUT2D eigenvalue weighted by Gasteiger charge is 2.43. The molecule has 190 valence electrons. The molecule has 9 heteroatoms. The number of rotatable bonds is 4. The number of alkyl halides is 3. The van der Waals surface area contributed by atoms with Crippen molar-refractivity contribution in [3.05, 3.63) is 88.2 Å². The van der Waals surface area contributed by atoms with Gasteiger partial charge in [0.15, 0.2) is 0 Å². The highest BCUT2D eigenvalue weighted by Crippen LogP contribution is 2.38. The van der Waals surface area contributed by atoms with Gasteiger partial charge in [0.2, 0.25) is 5.91 Å². The molecule has 2 aliphatic rings. The van der Waals surface area contributed by atoms with Gasteiger partial charge in [-0.05, 0) is 56.0 Å². The lowest BCUT2D eigenvalue weighted by Gasteiger charge is -2.44. The molecule has 1 heterocycles. The normalized spacial score (nSPS) is 21.9. The largest absolute Gasteiger partial charge is 0.417 e. The van der Waals surface area contributed by atoms with Crippen LogP contribution in [-0.2, 0) is 11.0 Å². The van der Waals surface area contributed by atoms with Crippen LogP contribution in [-0.4, -0.2) is 29.3 Å². The van der Waals surface area contributed by atoms with Crippen molar-refractivity contribution in [3.63, 3.8) is 0 Å². The number of piperidine rings is 1. The summed E-state index contributed by atoms with van der Waals surface area (Å²) in [7, 11) is 0. The van der Waals surface area contributed by atoms with Crippen LogP contribution in [0.1, 0.15) is 40.7 Å². The molecular formula is C27H25ClF4N2O2. The van der Waals surface area contributed by atoms with E-state index >= 15 is 0 Å². The van der Waals surface area contributed by atoms with E-state index in [4.69, 9.17) is 11.6 Å². The van der Waals surface area contributed by atoms with Crippen molar-refractivity contribution in [2.75, 3.05) is 11.9 Å². The van der Waals surface area contributed by atoms with Gasteiger partial charge in [-0.15, -0.1) is 0 Å². The number of nitrogens with one attached hydrogen (secondary N) is 1. The number of anilines is 1.